The van der Waals surface area contributed by atoms with Gasteiger partial charge in [0.25, 0.3) is 5.56 Å². The highest BCUT2D eigenvalue weighted by Gasteiger charge is 2.14. The average molecular weight is 375 g/mol. The molecule has 0 amide bonds. The van der Waals surface area contributed by atoms with Crippen LogP contribution in [0.2, 0.25) is 0 Å². The third kappa shape index (κ3) is 3.63. The molecule has 0 fully saturated rings. The number of nitrogens with one attached hydrogen (secondary N) is 1. The van der Waals surface area contributed by atoms with Gasteiger partial charge in [0, 0.05) is 55.1 Å². The Morgan fingerprint density at radius 1 is 1.07 bits per heavy atom. The van der Waals surface area contributed by atoms with Gasteiger partial charge in [-0.25, -0.2) is 14.5 Å². The predicted octanol–water partition coefficient (Wildman–Crippen LogP) is 1.13. The number of H-pyrrole nitrogens is 1. The molecule has 4 aromatic rings. The fraction of sp³-hybridized carbons (Fsp3) is 0.158. The minimum atomic E-state index is -0.451. The monoisotopic (exact) mass is 375 g/mol. The maximum absolute atomic E-state index is 11.9. The third-order valence-corrected chi connectivity index (χ3v) is 4.21. The first-order valence-electron chi connectivity index (χ1n) is 8.69. The van der Waals surface area contributed by atoms with E-state index in [-0.39, 0.29) is 0 Å². The summed E-state index contributed by atoms with van der Waals surface area (Å²) in [5, 5.41) is 4.65. The van der Waals surface area contributed by atoms with E-state index in [1.54, 1.807) is 23.3 Å². The van der Waals surface area contributed by atoms with Crippen LogP contribution in [0.4, 0.5) is 0 Å². The van der Waals surface area contributed by atoms with Crippen molar-refractivity contribution < 1.29 is 0 Å². The molecule has 0 bridgehead atoms. The van der Waals surface area contributed by atoms with E-state index in [0.717, 1.165) is 16.9 Å². The van der Waals surface area contributed by atoms with E-state index in [1.165, 1.54) is 16.8 Å². The van der Waals surface area contributed by atoms with Crippen molar-refractivity contribution in [1.82, 2.24) is 34.3 Å². The molecule has 9 heteroatoms. The molecule has 0 spiro atoms. The fourth-order valence-electron chi connectivity index (χ4n) is 2.84. The maximum Gasteiger partial charge on any atom is 0.328 e. The molecule has 4 aromatic heterocycles. The van der Waals surface area contributed by atoms with Gasteiger partial charge in [-0.3, -0.25) is 19.7 Å². The average Bonchev–Trinajstić information content (AvgIpc) is 3.12. The van der Waals surface area contributed by atoms with Crippen LogP contribution in [-0.4, -0.2) is 34.3 Å². The number of nitrogens with zero attached hydrogens (tertiary/aromatic N) is 6. The molecule has 1 N–H and O–H groups in total. The lowest BCUT2D eigenvalue weighted by Gasteiger charge is -2.07. The summed E-state index contributed by atoms with van der Waals surface area (Å²) in [6.45, 7) is 2.26. The first-order valence-corrected chi connectivity index (χ1v) is 8.69. The smallest absolute Gasteiger partial charge is 0.300 e. The Morgan fingerprint density at radius 3 is 2.64 bits per heavy atom. The zero-order valence-electron chi connectivity index (χ0n) is 15.1. The molecule has 140 valence electrons. The van der Waals surface area contributed by atoms with Gasteiger partial charge in [-0.15, -0.1) is 5.10 Å². The van der Waals surface area contributed by atoms with Crippen molar-refractivity contribution >= 4 is 0 Å². The van der Waals surface area contributed by atoms with Crippen LogP contribution in [0.15, 0.2) is 64.7 Å². The number of rotatable bonds is 5. The Labute approximate surface area is 159 Å². The summed E-state index contributed by atoms with van der Waals surface area (Å²) in [6.07, 6.45) is 7.01. The van der Waals surface area contributed by atoms with Gasteiger partial charge in [-0.1, -0.05) is 0 Å². The summed E-state index contributed by atoms with van der Waals surface area (Å²) in [4.78, 5) is 38.3. The number of pyridine rings is 2. The van der Waals surface area contributed by atoms with Crippen molar-refractivity contribution in [2.24, 2.45) is 0 Å². The van der Waals surface area contributed by atoms with E-state index in [1.807, 2.05) is 31.2 Å². The van der Waals surface area contributed by atoms with Crippen LogP contribution in [0.1, 0.15) is 11.5 Å². The second-order valence-corrected chi connectivity index (χ2v) is 6.21. The highest BCUT2D eigenvalue weighted by molar-refractivity contribution is 5.54. The van der Waals surface area contributed by atoms with Gasteiger partial charge in [0.05, 0.1) is 5.69 Å². The Kier molecular flexibility index (Phi) is 4.63. The molecule has 0 atom stereocenters. The molecule has 0 saturated carbocycles. The molecule has 0 aliphatic carbocycles. The number of aryl methyl sites for hydroxylation is 3. The van der Waals surface area contributed by atoms with E-state index >= 15 is 0 Å². The molecule has 0 saturated heterocycles. The summed E-state index contributed by atoms with van der Waals surface area (Å²) in [7, 11) is 0. The van der Waals surface area contributed by atoms with Crippen molar-refractivity contribution in [3.63, 3.8) is 0 Å². The summed E-state index contributed by atoms with van der Waals surface area (Å²) >= 11 is 0. The van der Waals surface area contributed by atoms with Crippen molar-refractivity contribution in [2.75, 3.05) is 0 Å². The summed E-state index contributed by atoms with van der Waals surface area (Å²) in [6, 6.07) is 8.77. The van der Waals surface area contributed by atoms with Crippen LogP contribution in [0.25, 0.3) is 17.1 Å². The molecule has 0 unspecified atom stereocenters. The van der Waals surface area contributed by atoms with Gasteiger partial charge < -0.3 is 4.57 Å². The van der Waals surface area contributed by atoms with E-state index in [0.29, 0.717) is 24.6 Å². The highest BCUT2D eigenvalue weighted by Crippen LogP contribution is 2.18. The van der Waals surface area contributed by atoms with Crippen molar-refractivity contribution in [3.8, 4) is 17.1 Å². The zero-order valence-corrected chi connectivity index (χ0v) is 15.1. The zero-order chi connectivity index (χ0) is 19.5. The van der Waals surface area contributed by atoms with Gasteiger partial charge in [0.1, 0.15) is 5.82 Å². The van der Waals surface area contributed by atoms with Gasteiger partial charge in [0.15, 0.2) is 5.82 Å². The number of aromatic amines is 1. The second kappa shape index (κ2) is 7.39. The first kappa shape index (κ1) is 17.5. The van der Waals surface area contributed by atoms with Crippen LogP contribution >= 0.6 is 0 Å². The maximum atomic E-state index is 11.9. The summed E-state index contributed by atoms with van der Waals surface area (Å²) < 4.78 is 3.19. The normalized spacial score (nSPS) is 10.9. The number of hydrogen-bond donors (Lipinski definition) is 1. The molecule has 28 heavy (non-hydrogen) atoms. The predicted molar refractivity (Wildman–Crippen MR) is 102 cm³/mol. The molecular formula is C19H17N7O2. The molecule has 0 radical (unpaired) electrons. The van der Waals surface area contributed by atoms with Crippen LogP contribution in [-0.2, 0) is 13.0 Å². The third-order valence-electron chi connectivity index (χ3n) is 4.21. The van der Waals surface area contributed by atoms with Gasteiger partial charge >= 0.3 is 5.69 Å². The summed E-state index contributed by atoms with van der Waals surface area (Å²) in [5.74, 6) is 1.26. The van der Waals surface area contributed by atoms with Gasteiger partial charge in [-0.05, 0) is 31.2 Å². The molecule has 0 aliphatic rings. The molecular weight excluding hydrogens is 358 g/mol. The minimum absolute atomic E-state index is 0.355. The lowest BCUT2D eigenvalue weighted by Crippen LogP contribution is -2.29. The topological polar surface area (TPSA) is 111 Å². The first-order chi connectivity index (χ1) is 13.6. The Hall–Kier alpha value is -3.88. The second-order valence-electron chi connectivity index (χ2n) is 6.21. The van der Waals surface area contributed by atoms with Crippen molar-refractivity contribution in [2.45, 2.75) is 19.9 Å². The number of hydrogen-bond acceptors (Lipinski definition) is 6. The minimum Gasteiger partial charge on any atom is -0.300 e. The molecule has 9 nitrogen and oxygen atoms in total. The van der Waals surface area contributed by atoms with E-state index in [2.05, 4.69) is 25.0 Å². The molecule has 4 heterocycles. The van der Waals surface area contributed by atoms with E-state index in [4.69, 9.17) is 0 Å². The van der Waals surface area contributed by atoms with Gasteiger partial charge in [-0.2, -0.15) is 0 Å². The van der Waals surface area contributed by atoms with Crippen LogP contribution in [0, 0.1) is 6.92 Å². The van der Waals surface area contributed by atoms with Crippen LogP contribution in [0.3, 0.4) is 0 Å². The van der Waals surface area contributed by atoms with Crippen molar-refractivity contribution in [1.29, 1.82) is 0 Å². The van der Waals surface area contributed by atoms with Gasteiger partial charge in [0.2, 0.25) is 0 Å². The lowest BCUT2D eigenvalue weighted by atomic mass is 10.2. The quantitative estimate of drug-likeness (QED) is 0.560. The SMILES string of the molecule is Cc1cc(-n2nc(-c3ccncc3)nc2CCn2ccc(=O)[nH]c2=O)ccn1. The highest BCUT2D eigenvalue weighted by atomic mass is 16.2. The fourth-order valence-corrected chi connectivity index (χ4v) is 2.84. The van der Waals surface area contributed by atoms with E-state index < -0.39 is 11.2 Å². The largest absolute Gasteiger partial charge is 0.328 e. The van der Waals surface area contributed by atoms with Crippen LogP contribution < -0.4 is 11.2 Å². The molecule has 4 rings (SSSR count). The Bertz CT molecular complexity index is 1220. The van der Waals surface area contributed by atoms with Crippen LogP contribution in [0.5, 0.6) is 0 Å². The van der Waals surface area contributed by atoms with E-state index in [9.17, 15) is 9.59 Å². The molecule has 0 aliphatic heterocycles. The number of aromatic nitrogens is 7. The molecule has 0 aromatic carbocycles. The Balaban J connectivity index is 1.73. The standard InChI is InChI=1S/C19H17N7O2/c1-13-12-15(4-9-21-13)26-16(5-10-25-11-6-17(27)23-19(25)28)22-18(24-26)14-2-7-20-8-3-14/h2-4,6-9,11-12H,5,10H2,1H3,(H,23,27,28). The lowest BCUT2D eigenvalue weighted by molar-refractivity contribution is 0.616. The summed E-state index contributed by atoms with van der Waals surface area (Å²) in [5.41, 5.74) is 1.68. The van der Waals surface area contributed by atoms with Crippen molar-refractivity contribution in [3.05, 3.63) is 87.5 Å². The Morgan fingerprint density at radius 2 is 1.89 bits per heavy atom.